The lowest BCUT2D eigenvalue weighted by Crippen LogP contribution is -2.07. The van der Waals surface area contributed by atoms with Crippen LogP contribution in [0.2, 0.25) is 0 Å². The fourth-order valence-corrected chi connectivity index (χ4v) is 2.20. The third-order valence-corrected chi connectivity index (χ3v) is 3.19. The van der Waals surface area contributed by atoms with Crippen molar-refractivity contribution in [2.75, 3.05) is 5.43 Å². The molecule has 1 aromatic carbocycles. The first kappa shape index (κ1) is 11.9. The summed E-state index contributed by atoms with van der Waals surface area (Å²) in [6, 6.07) is 10.2. The summed E-state index contributed by atoms with van der Waals surface area (Å²) < 4.78 is 13.0. The monoisotopic (exact) mass is 249 g/mol. The van der Waals surface area contributed by atoms with Gasteiger partial charge in [-0.1, -0.05) is 6.07 Å². The number of nitrogens with zero attached hydrogens (tertiary/aromatic N) is 1. The predicted octanol–water partition coefficient (Wildman–Crippen LogP) is 2.80. The number of hydrogen-bond donors (Lipinski definition) is 2. The van der Waals surface area contributed by atoms with Crippen molar-refractivity contribution >= 4 is 17.4 Å². The minimum atomic E-state index is -0.222. The summed E-state index contributed by atoms with van der Waals surface area (Å²) in [5.74, 6) is 5.77. The zero-order valence-corrected chi connectivity index (χ0v) is 9.88. The van der Waals surface area contributed by atoms with E-state index in [-0.39, 0.29) is 5.82 Å². The van der Waals surface area contributed by atoms with E-state index in [0.717, 1.165) is 16.3 Å². The van der Waals surface area contributed by atoms with Gasteiger partial charge in [-0.05, 0) is 30.3 Å². The summed E-state index contributed by atoms with van der Waals surface area (Å²) >= 11 is 1.54. The molecule has 0 aliphatic heterocycles. The normalized spacial score (nSPS) is 10.2. The minimum Gasteiger partial charge on any atom is -0.324 e. The maximum Gasteiger partial charge on any atom is 0.124 e. The number of nitrogens with one attached hydrogen (secondary N) is 1. The van der Waals surface area contributed by atoms with Gasteiger partial charge in [0.05, 0.1) is 11.4 Å². The Morgan fingerprint density at radius 3 is 2.94 bits per heavy atom. The van der Waals surface area contributed by atoms with Gasteiger partial charge in [-0.3, -0.25) is 10.8 Å². The molecule has 0 saturated heterocycles. The fraction of sp³-hybridized carbons (Fsp3) is 0.0833. The van der Waals surface area contributed by atoms with E-state index in [1.807, 2.05) is 12.1 Å². The minimum absolute atomic E-state index is 0.222. The number of rotatable bonds is 4. The largest absolute Gasteiger partial charge is 0.324 e. The number of aromatic nitrogens is 1. The molecule has 0 saturated carbocycles. The van der Waals surface area contributed by atoms with E-state index in [1.54, 1.807) is 18.3 Å². The van der Waals surface area contributed by atoms with Crippen LogP contribution in [0.3, 0.4) is 0 Å². The summed E-state index contributed by atoms with van der Waals surface area (Å²) in [5.41, 5.74) is 4.28. The third-order valence-electron chi connectivity index (χ3n) is 2.17. The van der Waals surface area contributed by atoms with Crippen LogP contribution in [0, 0.1) is 5.82 Å². The molecule has 1 aromatic heterocycles. The number of pyridine rings is 1. The number of anilines is 1. The quantitative estimate of drug-likeness (QED) is 0.497. The molecule has 0 spiro atoms. The molecule has 0 radical (unpaired) electrons. The summed E-state index contributed by atoms with van der Waals surface area (Å²) in [6.45, 7) is 0. The highest BCUT2D eigenvalue weighted by molar-refractivity contribution is 7.98. The topological polar surface area (TPSA) is 50.9 Å². The maximum absolute atomic E-state index is 13.0. The number of halogens is 1. The molecule has 88 valence electrons. The lowest BCUT2D eigenvalue weighted by molar-refractivity contribution is 0.624. The molecule has 5 heteroatoms. The van der Waals surface area contributed by atoms with Gasteiger partial charge in [-0.2, -0.15) is 0 Å². The number of nitrogen functional groups attached to an aromatic ring is 1. The van der Waals surface area contributed by atoms with Crippen molar-refractivity contribution in [1.29, 1.82) is 0 Å². The van der Waals surface area contributed by atoms with Crippen molar-refractivity contribution < 1.29 is 4.39 Å². The van der Waals surface area contributed by atoms with Crippen molar-refractivity contribution in [3.63, 3.8) is 0 Å². The fourth-order valence-electron chi connectivity index (χ4n) is 1.36. The van der Waals surface area contributed by atoms with Crippen LogP contribution >= 0.6 is 11.8 Å². The zero-order valence-electron chi connectivity index (χ0n) is 9.06. The Hall–Kier alpha value is -1.59. The van der Waals surface area contributed by atoms with Gasteiger partial charge in [0, 0.05) is 16.8 Å². The Morgan fingerprint density at radius 2 is 2.18 bits per heavy atom. The molecule has 3 N–H and O–H groups in total. The molecule has 2 rings (SSSR count). The summed E-state index contributed by atoms with van der Waals surface area (Å²) in [5, 5.41) is 0. The van der Waals surface area contributed by atoms with Crippen molar-refractivity contribution in [3.8, 4) is 0 Å². The van der Waals surface area contributed by atoms with Crippen LogP contribution in [0.1, 0.15) is 5.69 Å². The third kappa shape index (κ3) is 3.44. The average Bonchev–Trinajstić information content (AvgIpc) is 2.37. The molecule has 17 heavy (non-hydrogen) atoms. The Balaban J connectivity index is 2.02. The van der Waals surface area contributed by atoms with Gasteiger partial charge in [0.2, 0.25) is 0 Å². The smallest absolute Gasteiger partial charge is 0.124 e. The van der Waals surface area contributed by atoms with Crippen LogP contribution in [-0.4, -0.2) is 4.98 Å². The highest BCUT2D eigenvalue weighted by atomic mass is 32.2. The molecule has 0 atom stereocenters. The van der Waals surface area contributed by atoms with E-state index in [4.69, 9.17) is 5.84 Å². The second-order valence-corrected chi connectivity index (χ2v) is 4.47. The molecule has 1 heterocycles. The molecular formula is C12H12FN3S. The number of hydrazine groups is 1. The van der Waals surface area contributed by atoms with Crippen molar-refractivity contribution in [2.45, 2.75) is 10.6 Å². The van der Waals surface area contributed by atoms with E-state index < -0.39 is 0 Å². The van der Waals surface area contributed by atoms with E-state index in [0.29, 0.717) is 5.75 Å². The van der Waals surface area contributed by atoms with Gasteiger partial charge < -0.3 is 5.43 Å². The molecule has 0 bridgehead atoms. The van der Waals surface area contributed by atoms with Crippen LogP contribution in [0.25, 0.3) is 0 Å². The zero-order chi connectivity index (χ0) is 12.1. The van der Waals surface area contributed by atoms with Crippen LogP contribution in [0.15, 0.2) is 47.5 Å². The van der Waals surface area contributed by atoms with Crippen LogP contribution in [-0.2, 0) is 5.75 Å². The second-order valence-electron chi connectivity index (χ2n) is 3.43. The molecule has 0 unspecified atom stereocenters. The Morgan fingerprint density at radius 1 is 1.29 bits per heavy atom. The number of nitrogens with two attached hydrogens (primary N) is 1. The van der Waals surface area contributed by atoms with E-state index in [1.165, 1.54) is 23.9 Å². The van der Waals surface area contributed by atoms with E-state index in [2.05, 4.69) is 10.4 Å². The highest BCUT2D eigenvalue weighted by Crippen LogP contribution is 2.23. The molecule has 0 aliphatic rings. The lowest BCUT2D eigenvalue weighted by atomic mass is 10.3. The standard InChI is InChI=1S/C12H12FN3S/c13-9-2-1-3-12(6-9)17-8-11-7-10(16-14)4-5-15-11/h1-7H,8,14H2,(H,15,16). The maximum atomic E-state index is 13.0. The Labute approximate surface area is 103 Å². The van der Waals surface area contributed by atoms with Crippen molar-refractivity contribution in [1.82, 2.24) is 4.98 Å². The van der Waals surface area contributed by atoms with Crippen molar-refractivity contribution in [2.24, 2.45) is 5.84 Å². The number of hydrogen-bond acceptors (Lipinski definition) is 4. The van der Waals surface area contributed by atoms with Crippen LogP contribution < -0.4 is 11.3 Å². The lowest BCUT2D eigenvalue weighted by Gasteiger charge is -2.04. The van der Waals surface area contributed by atoms with Gasteiger partial charge in [0.1, 0.15) is 5.82 Å². The first-order valence-electron chi connectivity index (χ1n) is 5.08. The van der Waals surface area contributed by atoms with Gasteiger partial charge in [0.15, 0.2) is 0 Å². The predicted molar refractivity (Wildman–Crippen MR) is 68.0 cm³/mol. The van der Waals surface area contributed by atoms with Gasteiger partial charge in [-0.15, -0.1) is 11.8 Å². The summed E-state index contributed by atoms with van der Waals surface area (Å²) in [6.07, 6.45) is 1.69. The first-order chi connectivity index (χ1) is 8.28. The molecule has 0 fully saturated rings. The summed E-state index contributed by atoms with van der Waals surface area (Å²) in [4.78, 5) is 5.10. The van der Waals surface area contributed by atoms with Gasteiger partial charge in [-0.25, -0.2) is 4.39 Å². The average molecular weight is 249 g/mol. The van der Waals surface area contributed by atoms with Crippen LogP contribution in [0.5, 0.6) is 0 Å². The molecule has 0 amide bonds. The number of benzene rings is 1. The SMILES string of the molecule is NNc1ccnc(CSc2cccc(F)c2)c1. The van der Waals surface area contributed by atoms with Crippen molar-refractivity contribution in [3.05, 3.63) is 54.1 Å². The van der Waals surface area contributed by atoms with Crippen LogP contribution in [0.4, 0.5) is 10.1 Å². The highest BCUT2D eigenvalue weighted by Gasteiger charge is 2.00. The second kappa shape index (κ2) is 5.65. The molecular weight excluding hydrogens is 237 g/mol. The van der Waals surface area contributed by atoms with Gasteiger partial charge >= 0.3 is 0 Å². The summed E-state index contributed by atoms with van der Waals surface area (Å²) in [7, 11) is 0. The Kier molecular flexibility index (Phi) is 3.95. The molecule has 3 nitrogen and oxygen atoms in total. The van der Waals surface area contributed by atoms with Gasteiger partial charge in [0.25, 0.3) is 0 Å². The van der Waals surface area contributed by atoms with E-state index >= 15 is 0 Å². The van der Waals surface area contributed by atoms with E-state index in [9.17, 15) is 4.39 Å². The Bertz CT molecular complexity index is 505. The first-order valence-corrected chi connectivity index (χ1v) is 6.06. The number of thioether (sulfide) groups is 1. The molecule has 0 aliphatic carbocycles. The molecule has 2 aromatic rings.